The van der Waals surface area contributed by atoms with Crippen LogP contribution in [-0.2, 0) is 6.54 Å². The lowest BCUT2D eigenvalue weighted by molar-refractivity contribution is 0.507. The summed E-state index contributed by atoms with van der Waals surface area (Å²) < 4.78 is 5.81. The minimum absolute atomic E-state index is 0.703. The average molecular weight is 273 g/mol. The third kappa shape index (κ3) is 2.23. The van der Waals surface area contributed by atoms with E-state index in [-0.39, 0.29) is 0 Å². The van der Waals surface area contributed by atoms with Crippen LogP contribution in [0.1, 0.15) is 5.76 Å². The zero-order chi connectivity index (χ0) is 13.2. The van der Waals surface area contributed by atoms with Crippen molar-refractivity contribution in [3.63, 3.8) is 0 Å². The lowest BCUT2D eigenvalue weighted by atomic mass is 10.1. The number of rotatable bonds is 3. The van der Waals surface area contributed by atoms with E-state index in [1.54, 1.807) is 6.20 Å². The summed E-state index contributed by atoms with van der Waals surface area (Å²) in [6.07, 6.45) is 1.76. The second kappa shape index (κ2) is 5.03. The molecular formula is C15H13ClN2O. The minimum Gasteiger partial charge on any atom is -0.460 e. The third-order valence-corrected chi connectivity index (χ3v) is 3.32. The van der Waals surface area contributed by atoms with Gasteiger partial charge in [0.25, 0.3) is 0 Å². The molecule has 1 aromatic carbocycles. The largest absolute Gasteiger partial charge is 0.460 e. The Labute approximate surface area is 116 Å². The van der Waals surface area contributed by atoms with Gasteiger partial charge in [0.15, 0.2) is 0 Å². The number of benzene rings is 1. The molecule has 0 saturated heterocycles. The summed E-state index contributed by atoms with van der Waals surface area (Å²) in [6.45, 7) is 0.707. The Morgan fingerprint density at radius 2 is 2.11 bits per heavy atom. The summed E-state index contributed by atoms with van der Waals surface area (Å²) in [5, 5.41) is 4.71. The molecule has 0 atom stereocenters. The number of nitrogens with zero attached hydrogens (tertiary/aromatic N) is 1. The molecule has 2 heterocycles. The maximum Gasteiger partial charge on any atom is 0.136 e. The van der Waals surface area contributed by atoms with Crippen molar-refractivity contribution in [2.45, 2.75) is 6.54 Å². The first-order chi connectivity index (χ1) is 9.29. The molecule has 0 radical (unpaired) electrons. The summed E-state index contributed by atoms with van der Waals surface area (Å²) in [7, 11) is 1.89. The number of hydrogen-bond donors (Lipinski definition) is 1. The Kier molecular flexibility index (Phi) is 3.23. The molecule has 3 nitrogen and oxygen atoms in total. The van der Waals surface area contributed by atoms with Crippen LogP contribution in [0.3, 0.4) is 0 Å². The summed E-state index contributed by atoms with van der Waals surface area (Å²) in [5.74, 6) is 1.71. The highest BCUT2D eigenvalue weighted by Crippen LogP contribution is 2.32. The van der Waals surface area contributed by atoms with Gasteiger partial charge in [-0.05, 0) is 43.4 Å². The van der Waals surface area contributed by atoms with Gasteiger partial charge in [0.2, 0.25) is 0 Å². The average Bonchev–Trinajstić information content (AvgIpc) is 2.88. The molecule has 0 unspecified atom stereocenters. The quantitative estimate of drug-likeness (QED) is 0.787. The zero-order valence-electron chi connectivity index (χ0n) is 10.5. The van der Waals surface area contributed by atoms with Crippen molar-refractivity contribution in [2.24, 2.45) is 0 Å². The van der Waals surface area contributed by atoms with Crippen molar-refractivity contribution in [1.82, 2.24) is 10.3 Å². The van der Waals surface area contributed by atoms with Crippen molar-refractivity contribution in [1.29, 1.82) is 0 Å². The van der Waals surface area contributed by atoms with Crippen LogP contribution in [-0.4, -0.2) is 12.0 Å². The van der Waals surface area contributed by atoms with Gasteiger partial charge in [0.1, 0.15) is 11.5 Å². The Hall–Kier alpha value is -1.84. The van der Waals surface area contributed by atoms with Gasteiger partial charge < -0.3 is 9.73 Å². The molecule has 0 saturated carbocycles. The van der Waals surface area contributed by atoms with Gasteiger partial charge in [-0.1, -0.05) is 11.6 Å². The lowest BCUT2D eigenvalue weighted by Gasteiger charge is -2.04. The fourth-order valence-corrected chi connectivity index (χ4v) is 2.34. The standard InChI is InChI=1S/C15H13ClN2O/c1-17-9-10-4-7-14(19-10)12-5-6-13(16)11-3-2-8-18-15(11)12/h2-8,17H,9H2,1H3. The predicted octanol–water partition coefficient (Wildman–Crippen LogP) is 3.87. The second-order valence-corrected chi connectivity index (χ2v) is 4.70. The maximum atomic E-state index is 6.19. The van der Waals surface area contributed by atoms with Crippen molar-refractivity contribution >= 4 is 22.5 Å². The van der Waals surface area contributed by atoms with Crippen LogP contribution in [0.4, 0.5) is 0 Å². The molecule has 96 valence electrons. The van der Waals surface area contributed by atoms with Crippen molar-refractivity contribution in [2.75, 3.05) is 7.05 Å². The van der Waals surface area contributed by atoms with Crippen LogP contribution in [0.5, 0.6) is 0 Å². The van der Waals surface area contributed by atoms with Crippen LogP contribution in [0.15, 0.2) is 47.0 Å². The molecule has 3 rings (SSSR count). The molecule has 0 spiro atoms. The molecule has 0 amide bonds. The van der Waals surface area contributed by atoms with Crippen molar-refractivity contribution < 1.29 is 4.42 Å². The normalized spacial score (nSPS) is 11.1. The first kappa shape index (κ1) is 12.2. The molecule has 3 aromatic rings. The Balaban J connectivity index is 2.16. The van der Waals surface area contributed by atoms with Gasteiger partial charge in [0.05, 0.1) is 17.1 Å². The molecule has 0 fully saturated rings. The van der Waals surface area contributed by atoms with E-state index in [4.69, 9.17) is 16.0 Å². The number of hydrogen-bond acceptors (Lipinski definition) is 3. The molecule has 4 heteroatoms. The molecule has 0 aliphatic carbocycles. The highest BCUT2D eigenvalue weighted by Gasteiger charge is 2.11. The van der Waals surface area contributed by atoms with Crippen LogP contribution in [0.25, 0.3) is 22.2 Å². The van der Waals surface area contributed by atoms with Crippen LogP contribution >= 0.6 is 11.6 Å². The first-order valence-electron chi connectivity index (χ1n) is 6.06. The molecule has 2 aromatic heterocycles. The number of pyridine rings is 1. The van der Waals surface area contributed by atoms with Gasteiger partial charge >= 0.3 is 0 Å². The van der Waals surface area contributed by atoms with Gasteiger partial charge in [-0.15, -0.1) is 0 Å². The summed E-state index contributed by atoms with van der Waals surface area (Å²) in [6, 6.07) is 11.6. The molecule has 1 N–H and O–H groups in total. The van der Waals surface area contributed by atoms with Gasteiger partial charge in [-0.3, -0.25) is 4.98 Å². The smallest absolute Gasteiger partial charge is 0.136 e. The Bertz CT molecular complexity index is 721. The van der Waals surface area contributed by atoms with Crippen LogP contribution < -0.4 is 5.32 Å². The van der Waals surface area contributed by atoms with E-state index in [0.29, 0.717) is 11.6 Å². The van der Waals surface area contributed by atoms with Crippen molar-refractivity contribution in [3.05, 3.63) is 53.4 Å². The van der Waals surface area contributed by atoms with Crippen LogP contribution in [0, 0.1) is 0 Å². The molecular weight excluding hydrogens is 260 g/mol. The van der Waals surface area contributed by atoms with Crippen LogP contribution in [0.2, 0.25) is 5.02 Å². The third-order valence-electron chi connectivity index (χ3n) is 2.99. The van der Waals surface area contributed by atoms with E-state index in [2.05, 4.69) is 10.3 Å². The molecule has 0 bridgehead atoms. The van der Waals surface area contributed by atoms with E-state index in [9.17, 15) is 0 Å². The van der Waals surface area contributed by atoms with Crippen molar-refractivity contribution in [3.8, 4) is 11.3 Å². The minimum atomic E-state index is 0.703. The van der Waals surface area contributed by atoms with E-state index in [1.165, 1.54) is 0 Å². The van der Waals surface area contributed by atoms with Gasteiger partial charge in [0, 0.05) is 17.1 Å². The number of halogens is 1. The number of nitrogens with one attached hydrogen (secondary N) is 1. The number of furan rings is 1. The summed E-state index contributed by atoms with van der Waals surface area (Å²) in [4.78, 5) is 4.41. The monoisotopic (exact) mass is 272 g/mol. The Morgan fingerprint density at radius 3 is 2.95 bits per heavy atom. The highest BCUT2D eigenvalue weighted by molar-refractivity contribution is 6.35. The topological polar surface area (TPSA) is 38.1 Å². The zero-order valence-corrected chi connectivity index (χ0v) is 11.2. The summed E-state index contributed by atoms with van der Waals surface area (Å²) in [5.41, 5.74) is 1.82. The van der Waals surface area contributed by atoms with E-state index >= 15 is 0 Å². The number of aromatic nitrogens is 1. The predicted molar refractivity (Wildman–Crippen MR) is 77.2 cm³/mol. The van der Waals surface area contributed by atoms with Gasteiger partial charge in [-0.25, -0.2) is 0 Å². The fourth-order valence-electron chi connectivity index (χ4n) is 2.13. The van der Waals surface area contributed by atoms with E-state index in [1.807, 2.05) is 43.4 Å². The molecule has 0 aliphatic rings. The first-order valence-corrected chi connectivity index (χ1v) is 6.44. The molecule has 0 aliphatic heterocycles. The number of fused-ring (bicyclic) bond motifs is 1. The fraction of sp³-hybridized carbons (Fsp3) is 0.133. The Morgan fingerprint density at radius 1 is 1.21 bits per heavy atom. The second-order valence-electron chi connectivity index (χ2n) is 4.29. The lowest BCUT2D eigenvalue weighted by Crippen LogP contribution is -2.03. The van der Waals surface area contributed by atoms with Gasteiger partial charge in [-0.2, -0.15) is 0 Å². The van der Waals surface area contributed by atoms with E-state index < -0.39 is 0 Å². The maximum absolute atomic E-state index is 6.19. The molecule has 19 heavy (non-hydrogen) atoms. The summed E-state index contributed by atoms with van der Waals surface area (Å²) >= 11 is 6.19. The highest BCUT2D eigenvalue weighted by atomic mass is 35.5. The SMILES string of the molecule is CNCc1ccc(-c2ccc(Cl)c3cccnc23)o1. The van der Waals surface area contributed by atoms with E-state index in [0.717, 1.165) is 28.0 Å².